The van der Waals surface area contributed by atoms with Gasteiger partial charge >= 0.3 is 23.8 Å². The molecule has 0 bridgehead atoms. The SMILES string of the molecule is COC(=O)C(=Cc1ccc(Oc2ccc(C(F)(F)F)cc2[N+](=O)[O-])c(OC)c1)C(=O)OC. The number of carbonyl (C=O) groups excluding carboxylic acids is 2. The third-order valence-corrected chi connectivity index (χ3v) is 4.01. The first kappa shape index (κ1) is 24.2. The second kappa shape index (κ2) is 9.81. The summed E-state index contributed by atoms with van der Waals surface area (Å²) in [6.45, 7) is 0. The van der Waals surface area contributed by atoms with Gasteiger partial charge in [-0.2, -0.15) is 13.2 Å². The van der Waals surface area contributed by atoms with Gasteiger partial charge in [0.25, 0.3) is 0 Å². The lowest BCUT2D eigenvalue weighted by Crippen LogP contribution is -2.15. The fraction of sp³-hybridized carbons (Fsp3) is 0.200. The first-order valence-electron chi connectivity index (χ1n) is 8.61. The Morgan fingerprint density at radius 2 is 1.53 bits per heavy atom. The smallest absolute Gasteiger partial charge is 0.416 e. The lowest BCUT2D eigenvalue weighted by Gasteiger charge is -2.13. The molecular formula is C20H16F3NO8. The summed E-state index contributed by atoms with van der Waals surface area (Å²) in [7, 11) is 3.40. The van der Waals surface area contributed by atoms with E-state index in [1.165, 1.54) is 25.3 Å². The Kier molecular flexibility index (Phi) is 7.41. The molecular weight excluding hydrogens is 439 g/mol. The third-order valence-electron chi connectivity index (χ3n) is 4.01. The molecule has 0 aliphatic heterocycles. The van der Waals surface area contributed by atoms with Crippen molar-refractivity contribution in [2.45, 2.75) is 6.18 Å². The molecule has 0 saturated heterocycles. The van der Waals surface area contributed by atoms with E-state index in [0.717, 1.165) is 26.4 Å². The maximum Gasteiger partial charge on any atom is 0.416 e. The standard InChI is InChI=1S/C20H16F3NO8/c1-29-17-9-11(8-13(18(25)30-2)19(26)31-3)4-6-16(17)32-15-7-5-12(20(21,22)23)10-14(15)24(27)28/h4-10H,1-3H3. The van der Waals surface area contributed by atoms with Gasteiger partial charge in [0.1, 0.15) is 5.57 Å². The highest BCUT2D eigenvalue weighted by Crippen LogP contribution is 2.40. The molecule has 170 valence electrons. The van der Waals surface area contributed by atoms with Gasteiger partial charge in [-0.05, 0) is 35.9 Å². The Balaban J connectivity index is 2.47. The van der Waals surface area contributed by atoms with Crippen LogP contribution in [0.2, 0.25) is 0 Å². The highest BCUT2D eigenvalue weighted by Gasteiger charge is 2.33. The number of hydrogen-bond donors (Lipinski definition) is 0. The maximum atomic E-state index is 12.9. The van der Waals surface area contributed by atoms with E-state index in [-0.39, 0.29) is 17.1 Å². The molecule has 0 aliphatic rings. The Bertz CT molecular complexity index is 1060. The van der Waals surface area contributed by atoms with E-state index < -0.39 is 45.6 Å². The van der Waals surface area contributed by atoms with Gasteiger partial charge in [0.2, 0.25) is 5.75 Å². The number of ether oxygens (including phenoxy) is 4. The second-order valence-corrected chi connectivity index (χ2v) is 5.99. The molecule has 0 atom stereocenters. The summed E-state index contributed by atoms with van der Waals surface area (Å²) in [4.78, 5) is 33.8. The van der Waals surface area contributed by atoms with Crippen molar-refractivity contribution in [1.82, 2.24) is 0 Å². The average Bonchev–Trinajstić information content (AvgIpc) is 2.76. The van der Waals surface area contributed by atoms with E-state index in [9.17, 15) is 32.9 Å². The molecule has 0 amide bonds. The minimum Gasteiger partial charge on any atom is -0.493 e. The lowest BCUT2D eigenvalue weighted by atomic mass is 10.1. The molecule has 9 nitrogen and oxygen atoms in total. The van der Waals surface area contributed by atoms with E-state index >= 15 is 0 Å². The van der Waals surface area contributed by atoms with Gasteiger partial charge in [-0.3, -0.25) is 10.1 Å². The number of hydrogen-bond acceptors (Lipinski definition) is 8. The highest BCUT2D eigenvalue weighted by molar-refractivity contribution is 6.17. The number of nitro benzene ring substituents is 1. The van der Waals surface area contributed by atoms with Crippen molar-refractivity contribution in [3.63, 3.8) is 0 Å². The number of rotatable bonds is 7. The van der Waals surface area contributed by atoms with Crippen molar-refractivity contribution in [1.29, 1.82) is 0 Å². The zero-order chi connectivity index (χ0) is 24.1. The average molecular weight is 455 g/mol. The van der Waals surface area contributed by atoms with Gasteiger partial charge in [-0.1, -0.05) is 6.07 Å². The number of carbonyl (C=O) groups is 2. The van der Waals surface area contributed by atoms with Crippen LogP contribution in [0, 0.1) is 10.1 Å². The normalized spacial score (nSPS) is 10.7. The van der Waals surface area contributed by atoms with E-state index in [1.807, 2.05) is 0 Å². The van der Waals surface area contributed by atoms with Gasteiger partial charge in [0.05, 0.1) is 31.8 Å². The monoisotopic (exact) mass is 455 g/mol. The Hall–Kier alpha value is -4.09. The molecule has 0 radical (unpaired) electrons. The van der Waals surface area contributed by atoms with Crippen LogP contribution in [0.5, 0.6) is 17.2 Å². The Morgan fingerprint density at radius 1 is 0.938 bits per heavy atom. The van der Waals surface area contributed by atoms with Gasteiger partial charge in [0.15, 0.2) is 11.5 Å². The molecule has 0 fully saturated rings. The predicted octanol–water partition coefficient (Wildman–Crippen LogP) is 4.14. The zero-order valence-electron chi connectivity index (χ0n) is 16.9. The number of benzene rings is 2. The fourth-order valence-electron chi connectivity index (χ4n) is 2.49. The van der Waals surface area contributed by atoms with Crippen LogP contribution in [0.1, 0.15) is 11.1 Å². The molecule has 0 aromatic heterocycles. The number of esters is 2. The van der Waals surface area contributed by atoms with E-state index in [1.54, 1.807) is 0 Å². The molecule has 12 heteroatoms. The summed E-state index contributed by atoms with van der Waals surface area (Å²) in [6.07, 6.45) is -3.61. The highest BCUT2D eigenvalue weighted by atomic mass is 19.4. The van der Waals surface area contributed by atoms with E-state index in [4.69, 9.17) is 9.47 Å². The number of halogens is 3. The van der Waals surface area contributed by atoms with Crippen molar-refractivity contribution in [2.75, 3.05) is 21.3 Å². The van der Waals surface area contributed by atoms with Crippen LogP contribution in [0.4, 0.5) is 18.9 Å². The summed E-state index contributed by atoms with van der Waals surface area (Å²) in [6, 6.07) is 5.82. The van der Waals surface area contributed by atoms with Crippen LogP contribution in [0.3, 0.4) is 0 Å². The third kappa shape index (κ3) is 5.53. The maximum absolute atomic E-state index is 12.9. The summed E-state index contributed by atoms with van der Waals surface area (Å²) in [5, 5.41) is 11.2. The number of nitrogens with zero attached hydrogens (tertiary/aromatic N) is 1. The second-order valence-electron chi connectivity index (χ2n) is 5.99. The van der Waals surface area contributed by atoms with Crippen LogP contribution < -0.4 is 9.47 Å². The van der Waals surface area contributed by atoms with Crippen LogP contribution in [-0.4, -0.2) is 38.2 Å². The van der Waals surface area contributed by atoms with Gasteiger partial charge in [-0.15, -0.1) is 0 Å². The van der Waals surface area contributed by atoms with Crippen LogP contribution in [0.15, 0.2) is 42.0 Å². The van der Waals surface area contributed by atoms with E-state index in [2.05, 4.69) is 9.47 Å². The summed E-state index contributed by atoms with van der Waals surface area (Å²) in [5.74, 6) is -2.39. The van der Waals surface area contributed by atoms with Crippen molar-refractivity contribution in [3.8, 4) is 17.2 Å². The van der Waals surface area contributed by atoms with Crippen molar-refractivity contribution in [3.05, 3.63) is 63.2 Å². The van der Waals surface area contributed by atoms with Crippen molar-refractivity contribution < 1.29 is 46.6 Å². The number of nitro groups is 1. The van der Waals surface area contributed by atoms with Gasteiger partial charge in [-0.25, -0.2) is 9.59 Å². The first-order valence-corrected chi connectivity index (χ1v) is 8.61. The van der Waals surface area contributed by atoms with E-state index in [0.29, 0.717) is 12.1 Å². The van der Waals surface area contributed by atoms with Crippen LogP contribution in [-0.2, 0) is 25.2 Å². The fourth-order valence-corrected chi connectivity index (χ4v) is 2.49. The summed E-state index contributed by atoms with van der Waals surface area (Å²) >= 11 is 0. The topological polar surface area (TPSA) is 114 Å². The minimum atomic E-state index is -4.77. The van der Waals surface area contributed by atoms with Crippen molar-refractivity contribution >= 4 is 23.7 Å². The quantitative estimate of drug-likeness (QED) is 0.153. The lowest BCUT2D eigenvalue weighted by molar-refractivity contribution is -0.385. The molecule has 0 N–H and O–H groups in total. The predicted molar refractivity (Wildman–Crippen MR) is 103 cm³/mol. The van der Waals surface area contributed by atoms with Crippen LogP contribution >= 0.6 is 0 Å². The number of alkyl halides is 3. The zero-order valence-corrected chi connectivity index (χ0v) is 16.9. The van der Waals surface area contributed by atoms with Crippen LogP contribution in [0.25, 0.3) is 6.08 Å². The molecule has 0 unspecified atom stereocenters. The summed E-state index contributed by atoms with van der Waals surface area (Å²) in [5.41, 5.74) is -2.24. The molecule has 2 aromatic carbocycles. The number of methoxy groups -OCH3 is 3. The largest absolute Gasteiger partial charge is 0.493 e. The molecule has 2 aromatic rings. The molecule has 0 aliphatic carbocycles. The Morgan fingerprint density at radius 3 is 2.03 bits per heavy atom. The molecule has 0 heterocycles. The molecule has 0 saturated carbocycles. The molecule has 0 spiro atoms. The van der Waals surface area contributed by atoms with Gasteiger partial charge in [0, 0.05) is 6.07 Å². The van der Waals surface area contributed by atoms with Crippen molar-refractivity contribution in [2.24, 2.45) is 0 Å². The first-order chi connectivity index (χ1) is 15.0. The van der Waals surface area contributed by atoms with Gasteiger partial charge < -0.3 is 18.9 Å². The molecule has 32 heavy (non-hydrogen) atoms. The molecule has 2 rings (SSSR count). The summed E-state index contributed by atoms with van der Waals surface area (Å²) < 4.78 is 58.2. The minimum absolute atomic E-state index is 0.0158. The Labute approximate surface area is 179 Å².